The van der Waals surface area contributed by atoms with Crippen molar-refractivity contribution in [2.75, 3.05) is 6.54 Å². The average molecular weight is 291 g/mol. The Morgan fingerprint density at radius 2 is 2.24 bits per heavy atom. The lowest BCUT2D eigenvalue weighted by Gasteiger charge is -2.12. The summed E-state index contributed by atoms with van der Waals surface area (Å²) in [5.41, 5.74) is 0.823. The van der Waals surface area contributed by atoms with Gasteiger partial charge in [0.25, 0.3) is 11.7 Å². The quantitative estimate of drug-likeness (QED) is 0.809. The van der Waals surface area contributed by atoms with Crippen LogP contribution in [-0.2, 0) is 4.79 Å². The van der Waals surface area contributed by atoms with E-state index in [4.69, 9.17) is 5.11 Å². The molecule has 0 spiro atoms. The van der Waals surface area contributed by atoms with Crippen LogP contribution in [0.1, 0.15) is 36.1 Å². The van der Waals surface area contributed by atoms with Crippen LogP contribution in [-0.4, -0.2) is 43.1 Å². The molecule has 0 bridgehead atoms. The van der Waals surface area contributed by atoms with Crippen LogP contribution in [0.4, 0.5) is 0 Å². The number of carbonyl (C=O) groups is 2. The third-order valence-electron chi connectivity index (χ3n) is 3.22. The van der Waals surface area contributed by atoms with Crippen molar-refractivity contribution >= 4 is 17.7 Å². The molecule has 2 rings (SSSR count). The summed E-state index contributed by atoms with van der Waals surface area (Å²) < 4.78 is 1.49. The van der Waals surface area contributed by atoms with Crippen LogP contribution in [0.25, 0.3) is 5.78 Å². The smallest absolute Gasteiger partial charge is 0.303 e. The van der Waals surface area contributed by atoms with Crippen molar-refractivity contribution in [1.29, 1.82) is 0 Å². The van der Waals surface area contributed by atoms with E-state index < -0.39 is 11.9 Å². The highest BCUT2D eigenvalue weighted by Crippen LogP contribution is 2.07. The molecule has 0 aliphatic carbocycles. The molecule has 1 amide bonds. The Morgan fingerprint density at radius 1 is 1.48 bits per heavy atom. The van der Waals surface area contributed by atoms with Gasteiger partial charge in [-0.05, 0) is 18.9 Å². The first-order chi connectivity index (χ1) is 10.0. The Bertz CT molecular complexity index is 667. The molecule has 0 radical (unpaired) electrons. The molecule has 0 saturated carbocycles. The van der Waals surface area contributed by atoms with Crippen LogP contribution in [0.15, 0.2) is 12.3 Å². The fraction of sp³-hybridized carbons (Fsp3) is 0.462. The summed E-state index contributed by atoms with van der Waals surface area (Å²) in [7, 11) is 0. The fourth-order valence-corrected chi connectivity index (χ4v) is 1.93. The van der Waals surface area contributed by atoms with E-state index in [-0.39, 0.29) is 24.7 Å². The van der Waals surface area contributed by atoms with E-state index in [2.05, 4.69) is 20.4 Å². The van der Waals surface area contributed by atoms with Crippen molar-refractivity contribution in [2.45, 2.75) is 26.7 Å². The number of aromatic nitrogens is 4. The molecule has 1 atom stereocenters. The highest BCUT2D eigenvalue weighted by atomic mass is 16.4. The summed E-state index contributed by atoms with van der Waals surface area (Å²) in [6, 6.07) is 1.77. The van der Waals surface area contributed by atoms with Gasteiger partial charge in [-0.2, -0.15) is 4.98 Å². The highest BCUT2D eigenvalue weighted by molar-refractivity contribution is 5.90. The molecule has 2 aromatic heterocycles. The Labute approximate surface area is 121 Å². The number of fused-ring (bicyclic) bond motifs is 1. The Kier molecular flexibility index (Phi) is 4.46. The first-order valence-corrected chi connectivity index (χ1v) is 6.69. The average Bonchev–Trinajstić information content (AvgIpc) is 2.88. The summed E-state index contributed by atoms with van der Waals surface area (Å²) >= 11 is 0. The lowest BCUT2D eigenvalue weighted by Crippen LogP contribution is -2.31. The summed E-state index contributed by atoms with van der Waals surface area (Å²) in [6.07, 6.45) is 2.29. The van der Waals surface area contributed by atoms with Crippen LogP contribution < -0.4 is 5.32 Å². The number of hydrogen-bond acceptors (Lipinski definition) is 5. The number of carboxylic acids is 1. The molecular weight excluding hydrogens is 274 g/mol. The van der Waals surface area contributed by atoms with E-state index >= 15 is 0 Å². The zero-order chi connectivity index (χ0) is 15.4. The summed E-state index contributed by atoms with van der Waals surface area (Å²) in [5.74, 6) is -1.02. The molecular formula is C13H17N5O3. The topological polar surface area (TPSA) is 109 Å². The van der Waals surface area contributed by atoms with Crippen LogP contribution in [0.2, 0.25) is 0 Å². The number of nitrogens with zero attached hydrogens (tertiary/aromatic N) is 4. The maximum absolute atomic E-state index is 12.0. The second kappa shape index (κ2) is 6.29. The third kappa shape index (κ3) is 3.53. The maximum Gasteiger partial charge on any atom is 0.303 e. The first-order valence-electron chi connectivity index (χ1n) is 6.69. The van der Waals surface area contributed by atoms with Crippen LogP contribution in [0.5, 0.6) is 0 Å². The van der Waals surface area contributed by atoms with Gasteiger partial charge in [0.05, 0.1) is 0 Å². The first kappa shape index (κ1) is 14.9. The van der Waals surface area contributed by atoms with Gasteiger partial charge in [0, 0.05) is 24.9 Å². The SMILES string of the molecule is CCC(CNC(=O)c1nc2nccc(C)n2n1)CC(=O)O. The van der Waals surface area contributed by atoms with E-state index in [9.17, 15) is 9.59 Å². The lowest BCUT2D eigenvalue weighted by molar-refractivity contribution is -0.138. The molecule has 112 valence electrons. The molecule has 0 aliphatic heterocycles. The number of aryl methyl sites for hydroxylation is 1. The predicted octanol–water partition coefficient (Wildman–Crippen LogP) is 0.663. The van der Waals surface area contributed by atoms with Gasteiger partial charge < -0.3 is 10.4 Å². The normalized spacial score (nSPS) is 12.3. The molecule has 8 heteroatoms. The van der Waals surface area contributed by atoms with Gasteiger partial charge >= 0.3 is 5.97 Å². The van der Waals surface area contributed by atoms with Gasteiger partial charge in [0.15, 0.2) is 0 Å². The number of nitrogens with one attached hydrogen (secondary N) is 1. The second-order valence-electron chi connectivity index (χ2n) is 4.82. The number of amides is 1. The van der Waals surface area contributed by atoms with Crippen molar-refractivity contribution in [1.82, 2.24) is 24.9 Å². The predicted molar refractivity (Wildman–Crippen MR) is 73.9 cm³/mol. The van der Waals surface area contributed by atoms with Gasteiger partial charge in [0.1, 0.15) is 0 Å². The molecule has 8 nitrogen and oxygen atoms in total. The number of carboxylic acid groups (broad SMARTS) is 1. The maximum atomic E-state index is 12.0. The standard InChI is InChI=1S/C13H17N5O3/c1-3-9(6-10(19)20)7-15-12(21)11-16-13-14-5-4-8(2)18(13)17-11/h4-5,9H,3,6-7H2,1-2H3,(H,15,21)(H,19,20). The summed E-state index contributed by atoms with van der Waals surface area (Å²) in [6.45, 7) is 4.00. The van der Waals surface area contributed by atoms with Crippen molar-refractivity contribution in [3.05, 3.63) is 23.8 Å². The molecule has 0 fully saturated rings. The fourth-order valence-electron chi connectivity index (χ4n) is 1.93. The Morgan fingerprint density at radius 3 is 2.86 bits per heavy atom. The minimum Gasteiger partial charge on any atom is -0.481 e. The van der Waals surface area contributed by atoms with Crippen molar-refractivity contribution in [3.63, 3.8) is 0 Å². The molecule has 2 aromatic rings. The zero-order valence-corrected chi connectivity index (χ0v) is 11.9. The van der Waals surface area contributed by atoms with E-state index in [1.54, 1.807) is 12.3 Å². The molecule has 0 aliphatic rings. The molecule has 2 heterocycles. The summed E-state index contributed by atoms with van der Waals surface area (Å²) in [5, 5.41) is 15.5. The van der Waals surface area contributed by atoms with Crippen molar-refractivity contribution < 1.29 is 14.7 Å². The molecule has 2 N–H and O–H groups in total. The third-order valence-corrected chi connectivity index (χ3v) is 3.22. The van der Waals surface area contributed by atoms with Gasteiger partial charge in [0.2, 0.25) is 5.82 Å². The molecule has 1 unspecified atom stereocenters. The van der Waals surface area contributed by atoms with Crippen LogP contribution in [0.3, 0.4) is 0 Å². The minimum atomic E-state index is -0.873. The lowest BCUT2D eigenvalue weighted by atomic mass is 10.0. The van der Waals surface area contributed by atoms with E-state index in [1.807, 2.05) is 13.8 Å². The second-order valence-corrected chi connectivity index (χ2v) is 4.82. The zero-order valence-electron chi connectivity index (χ0n) is 11.9. The van der Waals surface area contributed by atoms with Crippen molar-refractivity contribution in [2.24, 2.45) is 5.92 Å². The van der Waals surface area contributed by atoms with E-state index in [0.29, 0.717) is 12.2 Å². The Hall–Kier alpha value is -2.51. The van der Waals surface area contributed by atoms with Crippen molar-refractivity contribution in [3.8, 4) is 0 Å². The van der Waals surface area contributed by atoms with Gasteiger partial charge in [-0.15, -0.1) is 5.10 Å². The largest absolute Gasteiger partial charge is 0.481 e. The number of carbonyl (C=O) groups excluding carboxylic acids is 1. The molecule has 0 saturated heterocycles. The number of rotatable bonds is 6. The van der Waals surface area contributed by atoms with Gasteiger partial charge in [-0.3, -0.25) is 9.59 Å². The van der Waals surface area contributed by atoms with E-state index in [0.717, 1.165) is 5.69 Å². The number of aliphatic carboxylic acids is 1. The highest BCUT2D eigenvalue weighted by Gasteiger charge is 2.17. The van der Waals surface area contributed by atoms with E-state index in [1.165, 1.54) is 4.52 Å². The minimum absolute atomic E-state index is 0.0238. The van der Waals surface area contributed by atoms with Crippen LogP contribution in [0, 0.1) is 12.8 Å². The molecule has 21 heavy (non-hydrogen) atoms. The molecule has 0 aromatic carbocycles. The summed E-state index contributed by atoms with van der Waals surface area (Å²) in [4.78, 5) is 30.8. The Balaban J connectivity index is 2.05. The van der Waals surface area contributed by atoms with Crippen LogP contribution >= 0.6 is 0 Å². The van der Waals surface area contributed by atoms with Gasteiger partial charge in [-0.1, -0.05) is 13.3 Å². The monoisotopic (exact) mass is 291 g/mol. The van der Waals surface area contributed by atoms with Gasteiger partial charge in [-0.25, -0.2) is 9.50 Å². The number of hydrogen-bond donors (Lipinski definition) is 2.